The summed E-state index contributed by atoms with van der Waals surface area (Å²) in [4.78, 5) is 1.48. The van der Waals surface area contributed by atoms with Crippen molar-refractivity contribution in [1.29, 1.82) is 0 Å². The summed E-state index contributed by atoms with van der Waals surface area (Å²) in [6, 6.07) is 18.0. The lowest BCUT2D eigenvalue weighted by Gasteiger charge is -2.35. The fraction of sp³-hybridized carbons (Fsp3) is 0.312. The van der Waals surface area contributed by atoms with E-state index in [2.05, 4.69) is 115 Å². The summed E-state index contributed by atoms with van der Waals surface area (Å²) in [5, 5.41) is 3.80. The first kappa shape index (κ1) is 23.6. The lowest BCUT2D eigenvalue weighted by Crippen LogP contribution is -2.30. The minimum atomic E-state index is 0.0296. The van der Waals surface area contributed by atoms with Gasteiger partial charge in [-0.3, -0.25) is 0 Å². The van der Waals surface area contributed by atoms with E-state index < -0.39 is 0 Å². The van der Waals surface area contributed by atoms with Gasteiger partial charge >= 0.3 is 0 Å². The van der Waals surface area contributed by atoms with Crippen molar-refractivity contribution >= 4 is 21.6 Å². The first-order valence-electron chi connectivity index (χ1n) is 11.8. The van der Waals surface area contributed by atoms with Crippen LogP contribution in [0.2, 0.25) is 0 Å². The van der Waals surface area contributed by atoms with Gasteiger partial charge in [0.1, 0.15) is 0 Å². The Morgan fingerprint density at radius 3 is 1.97 bits per heavy atom. The molecule has 2 unspecified atom stereocenters. The van der Waals surface area contributed by atoms with Crippen LogP contribution in [0.15, 0.2) is 66.1 Å². The molecule has 1 heteroatoms. The van der Waals surface area contributed by atoms with Gasteiger partial charge in [0, 0.05) is 16.6 Å². The number of aryl methyl sites for hydroxylation is 5. The molecule has 0 nitrogen and oxygen atoms in total. The molecule has 3 aromatic carbocycles. The van der Waals surface area contributed by atoms with Crippen LogP contribution in [0.3, 0.4) is 0 Å². The van der Waals surface area contributed by atoms with Crippen molar-refractivity contribution in [3.63, 3.8) is 0 Å². The predicted octanol–water partition coefficient (Wildman–Crippen LogP) is 8.73. The molecule has 4 rings (SSSR count). The van der Waals surface area contributed by atoms with E-state index in [9.17, 15) is 0 Å². The van der Waals surface area contributed by atoms with E-state index in [0.717, 1.165) is 11.3 Å². The van der Waals surface area contributed by atoms with Gasteiger partial charge in [-0.2, -0.15) is 0 Å². The smallest absolute Gasteiger partial charge is 0.0148 e. The Kier molecular flexibility index (Phi) is 6.41. The molecule has 1 aliphatic heterocycles. The largest absolute Gasteiger partial charge is 0.111 e. The maximum atomic E-state index is 3.86. The Morgan fingerprint density at radius 1 is 0.848 bits per heavy atom. The van der Waals surface area contributed by atoms with Crippen molar-refractivity contribution in [3.8, 4) is 11.1 Å². The summed E-state index contributed by atoms with van der Waals surface area (Å²) in [5.74, 6) is 1.64. The number of allylic oxidation sites excluding steroid dienone is 1. The summed E-state index contributed by atoms with van der Waals surface area (Å²) in [6.07, 6.45) is 4.27. The average molecular weight is 453 g/mol. The van der Waals surface area contributed by atoms with Crippen LogP contribution in [-0.2, 0) is 5.41 Å². The van der Waals surface area contributed by atoms with Crippen molar-refractivity contribution in [2.75, 3.05) is 5.75 Å². The number of benzene rings is 3. The standard InChI is InChI=1S/C32H36S/c1-9-26-10-12-27(13-11-26)28-18-24(5)31(25(6)19-28)33-15-14-29(20-33)32(7,8)30-22(3)16-21(2)17-23(30)4/h9-14,16-19,29H,1,20H2,2-8H3. The van der Waals surface area contributed by atoms with Crippen molar-refractivity contribution < 1.29 is 0 Å². The highest BCUT2D eigenvalue weighted by molar-refractivity contribution is 8.15. The Hall–Kier alpha value is -2.60. The maximum Gasteiger partial charge on any atom is 0.0148 e. The monoisotopic (exact) mass is 452 g/mol. The van der Waals surface area contributed by atoms with E-state index in [-0.39, 0.29) is 15.9 Å². The quantitative estimate of drug-likeness (QED) is 0.339. The van der Waals surface area contributed by atoms with Crippen LogP contribution in [0.4, 0.5) is 0 Å². The number of hydrogen-bond donors (Lipinski definition) is 0. The van der Waals surface area contributed by atoms with E-state index in [0.29, 0.717) is 5.92 Å². The number of rotatable bonds is 5. The summed E-state index contributed by atoms with van der Waals surface area (Å²) < 4.78 is 0. The molecule has 0 aromatic heterocycles. The molecule has 0 radical (unpaired) electrons. The van der Waals surface area contributed by atoms with Crippen LogP contribution in [0.5, 0.6) is 0 Å². The van der Waals surface area contributed by atoms with Crippen LogP contribution in [0.25, 0.3) is 17.2 Å². The molecule has 33 heavy (non-hydrogen) atoms. The van der Waals surface area contributed by atoms with Gasteiger partial charge < -0.3 is 0 Å². The minimum Gasteiger partial charge on any atom is -0.111 e. The summed E-state index contributed by atoms with van der Waals surface area (Å²) in [5.41, 5.74) is 12.2. The zero-order chi connectivity index (χ0) is 23.9. The molecule has 0 bridgehead atoms. The van der Waals surface area contributed by atoms with Gasteiger partial charge in [0.25, 0.3) is 0 Å². The maximum absolute atomic E-state index is 3.86. The summed E-state index contributed by atoms with van der Waals surface area (Å²) >= 11 is 0. The first-order valence-corrected chi connectivity index (χ1v) is 13.2. The molecule has 1 heterocycles. The van der Waals surface area contributed by atoms with Gasteiger partial charge in [0.2, 0.25) is 0 Å². The number of hydrogen-bond acceptors (Lipinski definition) is 0. The van der Waals surface area contributed by atoms with Gasteiger partial charge in [-0.1, -0.05) is 85.6 Å². The van der Waals surface area contributed by atoms with Crippen LogP contribution >= 0.6 is 10.5 Å². The molecular weight excluding hydrogens is 416 g/mol. The molecule has 0 N–H and O–H groups in total. The third-order valence-corrected chi connectivity index (χ3v) is 9.44. The molecule has 170 valence electrons. The molecule has 2 atom stereocenters. The second-order valence-electron chi connectivity index (χ2n) is 10.2. The third kappa shape index (κ3) is 4.45. The highest BCUT2D eigenvalue weighted by Crippen LogP contribution is 2.45. The van der Waals surface area contributed by atoms with Crippen molar-refractivity contribution in [2.45, 2.75) is 58.8 Å². The lowest BCUT2D eigenvalue weighted by molar-refractivity contribution is 0.414. The molecule has 0 saturated heterocycles. The van der Waals surface area contributed by atoms with E-state index in [1.165, 1.54) is 49.4 Å². The van der Waals surface area contributed by atoms with Gasteiger partial charge in [-0.25, -0.2) is 0 Å². The molecule has 0 aliphatic carbocycles. The molecule has 3 aromatic rings. The zero-order valence-corrected chi connectivity index (χ0v) is 22.0. The third-order valence-electron chi connectivity index (χ3n) is 7.19. The predicted molar refractivity (Wildman–Crippen MR) is 149 cm³/mol. The Morgan fingerprint density at radius 2 is 1.42 bits per heavy atom. The first-order chi connectivity index (χ1) is 15.6. The zero-order valence-electron chi connectivity index (χ0n) is 21.2. The second-order valence-corrected chi connectivity index (χ2v) is 12.0. The minimum absolute atomic E-state index is 0.0296. The molecule has 1 aliphatic rings. The lowest BCUT2D eigenvalue weighted by atomic mass is 9.71. The van der Waals surface area contributed by atoms with Crippen molar-refractivity contribution in [1.82, 2.24) is 0 Å². The van der Waals surface area contributed by atoms with Gasteiger partial charge in [0.15, 0.2) is 0 Å². The van der Waals surface area contributed by atoms with Crippen molar-refractivity contribution in [3.05, 3.63) is 100 Å². The fourth-order valence-electron chi connectivity index (χ4n) is 5.70. The van der Waals surface area contributed by atoms with Crippen molar-refractivity contribution in [2.24, 2.45) is 5.92 Å². The van der Waals surface area contributed by atoms with E-state index >= 15 is 0 Å². The Labute approximate surface area is 203 Å². The van der Waals surface area contributed by atoms with E-state index in [4.69, 9.17) is 0 Å². The normalized spacial score (nSPS) is 17.8. The molecule has 0 spiro atoms. The Bertz CT molecular complexity index is 1250. The fourth-order valence-corrected chi connectivity index (χ4v) is 8.17. The highest BCUT2D eigenvalue weighted by atomic mass is 32.2. The molecule has 0 fully saturated rings. The molecule has 0 amide bonds. The van der Waals surface area contributed by atoms with Gasteiger partial charge in [-0.15, -0.1) is 10.5 Å². The van der Waals surface area contributed by atoms with Crippen LogP contribution < -0.4 is 0 Å². The van der Waals surface area contributed by atoms with Gasteiger partial charge in [0.05, 0.1) is 0 Å². The average Bonchev–Trinajstić information content (AvgIpc) is 3.23. The SMILES string of the molecule is C=Cc1ccc(-c2cc(C)c(S3=C=CC(C(C)(C)c4c(C)cc(C)cc4C)C3)c(C)c2)cc1. The molecule has 0 saturated carbocycles. The topological polar surface area (TPSA) is 0 Å². The Balaban J connectivity index is 1.63. The van der Waals surface area contributed by atoms with Crippen LogP contribution in [0.1, 0.15) is 52.8 Å². The molecular formula is C32H36S. The highest BCUT2D eigenvalue weighted by Gasteiger charge is 2.35. The van der Waals surface area contributed by atoms with Crippen LogP contribution in [-0.4, -0.2) is 10.8 Å². The summed E-state index contributed by atoms with van der Waals surface area (Å²) in [7, 11) is 0.0296. The van der Waals surface area contributed by atoms with Gasteiger partial charge in [-0.05, 0) is 90.6 Å². The summed E-state index contributed by atoms with van der Waals surface area (Å²) in [6.45, 7) is 20.0. The van der Waals surface area contributed by atoms with Crippen LogP contribution in [0, 0.1) is 40.5 Å². The van der Waals surface area contributed by atoms with E-state index in [1.807, 2.05) is 6.08 Å². The second kappa shape index (κ2) is 8.98. The van der Waals surface area contributed by atoms with E-state index in [1.54, 1.807) is 0 Å².